The maximum atomic E-state index is 14.0. The molecule has 1 unspecified atom stereocenters. The maximum Gasteiger partial charge on any atom is 0.339 e. The number of aromatic amines is 1. The fraction of sp³-hybridized carbons (Fsp3) is 0.324. The normalized spacial score (nSPS) is 13.9. The predicted octanol–water partition coefficient (Wildman–Crippen LogP) is 9.28. The van der Waals surface area contributed by atoms with Gasteiger partial charge in [-0.15, -0.1) is 0 Å². The first-order chi connectivity index (χ1) is 70.6. The molecule has 796 valence electrons. The fourth-order valence-electron chi connectivity index (χ4n) is 15.2. The van der Waals surface area contributed by atoms with Crippen LogP contribution < -0.4 is 68.3 Å². The van der Waals surface area contributed by atoms with Crippen molar-refractivity contribution in [2.24, 2.45) is 10.9 Å². The minimum absolute atomic E-state index is 0.0143. The molecular formula is C102H120ClFN16O27S2. The van der Waals surface area contributed by atoms with Gasteiger partial charge in [0, 0.05) is 67.2 Å². The van der Waals surface area contributed by atoms with Crippen LogP contribution in [0.5, 0.6) is 11.5 Å². The topological polar surface area (TPSA) is 688 Å². The maximum absolute atomic E-state index is 14.0. The van der Waals surface area contributed by atoms with E-state index in [-0.39, 0.29) is 144 Å². The summed E-state index contributed by atoms with van der Waals surface area (Å²) in [6, 6.07) is 52.9. The Labute approximate surface area is 861 Å². The van der Waals surface area contributed by atoms with Crippen molar-refractivity contribution in [2.45, 2.75) is 190 Å². The highest BCUT2D eigenvalue weighted by Crippen LogP contribution is 2.43. The average molecular weight is 2120 g/mol. The number of aromatic carboxylic acids is 1. The van der Waals surface area contributed by atoms with E-state index in [1.807, 2.05) is 123 Å². The zero-order chi connectivity index (χ0) is 110. The molecule has 47 heteroatoms. The summed E-state index contributed by atoms with van der Waals surface area (Å²) in [6.07, 6.45) is 0.296. The Kier molecular flexibility index (Phi) is 45.8. The van der Waals surface area contributed by atoms with Crippen LogP contribution in [-0.2, 0) is 89.1 Å². The number of hydrogen-bond donors (Lipinski definition) is 19. The molecule has 0 aliphatic carbocycles. The van der Waals surface area contributed by atoms with Gasteiger partial charge < -0.3 is 103 Å². The lowest BCUT2D eigenvalue weighted by Gasteiger charge is -2.27. The van der Waals surface area contributed by atoms with Crippen LogP contribution >= 0.6 is 11.6 Å². The van der Waals surface area contributed by atoms with E-state index in [1.165, 1.54) is 60.5 Å². The number of fused-ring (bicyclic) bond motifs is 2. The number of anilines is 4. The van der Waals surface area contributed by atoms with E-state index in [9.17, 15) is 99.2 Å². The van der Waals surface area contributed by atoms with Gasteiger partial charge in [-0.1, -0.05) is 142 Å². The Morgan fingerprint density at radius 2 is 1.35 bits per heavy atom. The molecule has 0 saturated carbocycles. The summed E-state index contributed by atoms with van der Waals surface area (Å²) in [6.45, 7) is 14.6. The van der Waals surface area contributed by atoms with Gasteiger partial charge in [0.1, 0.15) is 63.5 Å². The number of aliphatic carboxylic acids is 4. The Balaban J connectivity index is 0.000000226. The quantitative estimate of drug-likeness (QED) is 0.0125. The summed E-state index contributed by atoms with van der Waals surface area (Å²) >= 11 is 5.72. The number of nitrogens with zero attached hydrogens (tertiary/aromatic N) is 5. The van der Waals surface area contributed by atoms with Crippen LogP contribution in [0, 0.1) is 5.82 Å². The first-order valence-corrected chi connectivity index (χ1v) is 50.2. The van der Waals surface area contributed by atoms with Gasteiger partial charge in [0.15, 0.2) is 11.2 Å². The van der Waals surface area contributed by atoms with Crippen LogP contribution in [-0.4, -0.2) is 234 Å². The Morgan fingerprint density at radius 3 is 1.94 bits per heavy atom. The number of esters is 2. The molecule has 5 heterocycles. The van der Waals surface area contributed by atoms with Crippen molar-refractivity contribution in [3.8, 4) is 33.9 Å². The molecule has 8 aromatic carbocycles. The van der Waals surface area contributed by atoms with E-state index in [1.54, 1.807) is 74.5 Å². The summed E-state index contributed by atoms with van der Waals surface area (Å²) < 4.78 is 79.2. The third kappa shape index (κ3) is 37.7. The number of carboxylic acids is 5. The molecule has 0 radical (unpaired) electrons. The molecule has 0 spiro atoms. The number of para-hydroxylation sites is 2. The fourth-order valence-corrected chi connectivity index (χ4v) is 17.5. The van der Waals surface area contributed by atoms with Crippen LogP contribution in [0.25, 0.3) is 33.5 Å². The standard InChI is InChI=1S/C33H35FN2O5.C20H28N2O5.C19H19N7O6.C14H22N2O3.C9H8O4.C7H8ClN3O4S2/c1-21(2)31-30(33(41)35-25-11-7-4-8-12-25)29(22-9-5-3-6-10-22)32(23-13-15-24(34)16-14-23)36(31)18-17-26(37)19-27(38)20-28(39)40;1-3-27-20(26)16(12-11-15-8-5-4-6-9-15)21-14(2)18(23)22-13-7-10-17(22)19(24)25;20-19-25-15-14(17(30)26-19)23-11(8-22-15)7-21-10-3-1-9(2-4-10)16(29)24-12(18(31)32)5-6-13(27)28;1-10(2)16-8-12(17)9-19-13-5-3-11(4-6-13)7-14(15)18;1-6(10)13-8-5-3-2-4-7(8)9(11)12;8-4-1-5-7(2-6(4)16(9,12)13)17(14,15)11-3-10-5/h3-16,21,26-27,37-38H,17-20H2,1-2H3,(H,35,41)(H,39,40);4-6,8-9,14,16-17,21H,3,7,10-13H2,1-2H3,(H,24,25);1-4,8,12,21H,5-7H2,(H,24,29)(H,27,28)(H,31,32)(H3,20,22,25,26,30);3-6,10,12,16-17H,7-9H2,1-2H3,(H2,15,18);2-5H,1H3,(H,11,12);1-2,10-11H,3H2,(H2,9,12,13)/t26-,27-;14-,16-,17-;12-;;;/m100.../s1. The number of primary sulfonamides is 1. The highest BCUT2D eigenvalue weighted by Gasteiger charge is 2.38. The van der Waals surface area contributed by atoms with Crippen LogP contribution in [0.15, 0.2) is 221 Å². The van der Waals surface area contributed by atoms with Crippen molar-refractivity contribution < 1.29 is 129 Å². The molecule has 2 aliphatic heterocycles. The van der Waals surface area contributed by atoms with Gasteiger partial charge in [-0.3, -0.25) is 53.5 Å². The SMILES string of the molecule is CC(=O)Oc1ccccc1C(=O)O.CC(C)NCC(O)COc1ccc(CC(N)=O)cc1.CC(C)c1c(C(=O)Nc2ccccc2)c(-c2ccccc2)c(-c2ccc(F)cc2)n1CC[C@@H](O)C[C@@H](O)CC(=O)O.CCOC(=O)[C@H](CCc1ccccc1)N[C@@H](C)C(=O)N1CCC[C@H]1C(=O)O.NS(=O)(=O)c1cc2c(cc1Cl)NCNS2(=O)=O.Nc1nc2ncc(CNc3ccc(C(=O)N[C@@H](CCC(=O)O)C(=O)O)cc3)nc2c(=O)[nH]1. The zero-order valence-electron chi connectivity index (χ0n) is 82.2. The van der Waals surface area contributed by atoms with Gasteiger partial charge >= 0.3 is 41.8 Å². The monoisotopic (exact) mass is 2120 g/mol. The number of primary amides is 1. The van der Waals surface area contributed by atoms with Crippen molar-refractivity contribution in [3.05, 3.63) is 267 Å². The van der Waals surface area contributed by atoms with Gasteiger partial charge in [0.25, 0.3) is 17.4 Å². The number of likely N-dealkylation sites (tertiary alicyclic amines) is 1. The number of aliphatic hydroxyl groups is 3. The molecule has 22 N–H and O–H groups in total. The molecule has 11 aromatic rings. The van der Waals surface area contributed by atoms with Gasteiger partial charge in [0.05, 0.1) is 84.8 Å². The van der Waals surface area contributed by atoms with Crippen LogP contribution in [0.4, 0.5) is 27.4 Å². The van der Waals surface area contributed by atoms with Crippen molar-refractivity contribution >= 4 is 131 Å². The highest BCUT2D eigenvalue weighted by atomic mass is 35.5. The summed E-state index contributed by atoms with van der Waals surface area (Å²) in [5.41, 5.74) is 18.5. The number of nitrogen functional groups attached to an aromatic ring is 1. The van der Waals surface area contributed by atoms with E-state index in [4.69, 9.17) is 58.1 Å². The van der Waals surface area contributed by atoms with Gasteiger partial charge in [-0.05, 0) is 184 Å². The van der Waals surface area contributed by atoms with E-state index in [0.29, 0.717) is 90.0 Å². The molecular weight excluding hydrogens is 2000 g/mol. The number of nitrogens with one attached hydrogen (secondary N) is 8. The molecule has 4 amide bonds. The first kappa shape index (κ1) is 119. The Bertz CT molecular complexity index is 6750. The van der Waals surface area contributed by atoms with Gasteiger partial charge in [-0.2, -0.15) is 9.71 Å². The number of halogens is 2. The number of rotatable bonds is 41. The largest absolute Gasteiger partial charge is 0.491 e. The summed E-state index contributed by atoms with van der Waals surface area (Å²) in [5, 5.41) is 97.3. The minimum Gasteiger partial charge on any atom is -0.491 e. The van der Waals surface area contributed by atoms with Gasteiger partial charge in [-0.25, -0.2) is 50.7 Å². The molecule has 7 atom stereocenters. The van der Waals surface area contributed by atoms with Crippen molar-refractivity contribution in [1.29, 1.82) is 0 Å². The number of aliphatic hydroxyl groups excluding tert-OH is 3. The summed E-state index contributed by atoms with van der Waals surface area (Å²) in [4.78, 5) is 155. The van der Waals surface area contributed by atoms with Crippen LogP contribution in [0.2, 0.25) is 5.02 Å². The molecule has 1 fully saturated rings. The first-order valence-electron chi connectivity index (χ1n) is 46.8. The summed E-state index contributed by atoms with van der Waals surface area (Å²) in [7, 11) is -7.80. The molecule has 13 rings (SSSR count). The second kappa shape index (κ2) is 57.5. The third-order valence-electron chi connectivity index (χ3n) is 22.1. The number of carbonyl (C=O) groups excluding carboxylic acids is 6. The second-order valence-corrected chi connectivity index (χ2v) is 38.1. The molecule has 0 bridgehead atoms. The molecule has 2 aliphatic rings. The smallest absolute Gasteiger partial charge is 0.339 e. The van der Waals surface area contributed by atoms with E-state index >= 15 is 0 Å². The lowest BCUT2D eigenvalue weighted by molar-refractivity contribution is -0.150. The average Bonchev–Trinajstić information content (AvgIpc) is 1.58. The number of aromatic nitrogens is 5. The van der Waals surface area contributed by atoms with Gasteiger partial charge in [0.2, 0.25) is 37.8 Å². The number of carbonyl (C=O) groups is 11. The summed E-state index contributed by atoms with van der Waals surface area (Å²) in [5.74, 6) is -8.04. The van der Waals surface area contributed by atoms with E-state index in [0.717, 1.165) is 28.5 Å². The number of aryl methyl sites for hydroxylation is 1. The Hall–Kier alpha value is -15.5. The molecule has 3 aromatic heterocycles. The number of nitrogens with two attached hydrogens (primary N) is 3. The van der Waals surface area contributed by atoms with Crippen LogP contribution in [0.1, 0.15) is 159 Å². The van der Waals surface area contributed by atoms with E-state index in [2.05, 4.69) is 61.3 Å². The zero-order valence-corrected chi connectivity index (χ0v) is 84.6. The van der Waals surface area contributed by atoms with Crippen molar-refractivity contribution in [1.82, 2.24) is 50.1 Å². The third-order valence-corrected chi connectivity index (χ3v) is 24.9. The number of hydrogen-bond acceptors (Lipinski definition) is 30. The Morgan fingerprint density at radius 1 is 0.711 bits per heavy atom. The number of benzene rings is 8. The van der Waals surface area contributed by atoms with E-state index < -0.39 is 127 Å². The number of carboxylic acid groups (broad SMARTS) is 5. The highest BCUT2D eigenvalue weighted by molar-refractivity contribution is 7.90. The molecule has 1 saturated heterocycles. The number of amides is 4. The number of H-pyrrole nitrogens is 1. The van der Waals surface area contributed by atoms with Crippen molar-refractivity contribution in [3.63, 3.8) is 0 Å². The predicted molar refractivity (Wildman–Crippen MR) is 550 cm³/mol. The molecule has 149 heavy (non-hydrogen) atoms. The second-order valence-electron chi connectivity index (χ2n) is 34.4. The molecule has 43 nitrogen and oxygen atoms in total. The van der Waals surface area contributed by atoms with Crippen molar-refractivity contribution in [2.75, 3.05) is 54.7 Å². The minimum atomic E-state index is -4.07. The lowest BCUT2D eigenvalue weighted by atomic mass is 9.94. The lowest BCUT2D eigenvalue weighted by Crippen LogP contribution is -2.53. The number of ether oxygens (including phenoxy) is 3. The number of sulfonamides is 2. The van der Waals surface area contributed by atoms with Crippen LogP contribution in [0.3, 0.4) is 0 Å².